The number of nitrogens with zero attached hydrogens (tertiary/aromatic N) is 1. The molecule has 0 aliphatic rings. The number of imidazole rings is 1. The number of nitrogens with one attached hydrogen (secondary N) is 2. The number of hydrogen-bond acceptors (Lipinski definition) is 5. The van der Waals surface area contributed by atoms with E-state index >= 15 is 0 Å². The third-order valence-electron chi connectivity index (χ3n) is 2.24. The highest BCUT2D eigenvalue weighted by atomic mass is 32.2. The van der Waals surface area contributed by atoms with E-state index in [1.54, 1.807) is 6.92 Å². The maximum atomic E-state index is 11.8. The zero-order valence-electron chi connectivity index (χ0n) is 9.75. The van der Waals surface area contributed by atoms with Gasteiger partial charge in [-0.1, -0.05) is 6.92 Å². The fourth-order valence-corrected chi connectivity index (χ4v) is 2.44. The van der Waals surface area contributed by atoms with Gasteiger partial charge in [-0.05, 0) is 6.42 Å². The third-order valence-corrected chi connectivity index (χ3v) is 3.62. The van der Waals surface area contributed by atoms with Crippen LogP contribution in [0.15, 0.2) is 11.2 Å². The molecular weight excluding hydrogens is 262 g/mol. The number of aromatic nitrogens is 2. The number of carboxylic acids is 1. The molecule has 0 aliphatic carbocycles. The molecular formula is C9H15N3O5S. The number of aromatic amines is 1. The van der Waals surface area contributed by atoms with Crippen molar-refractivity contribution in [3.8, 4) is 0 Å². The lowest BCUT2D eigenvalue weighted by atomic mass is 10.2. The van der Waals surface area contributed by atoms with Crippen molar-refractivity contribution in [1.82, 2.24) is 14.7 Å². The molecule has 0 saturated heterocycles. The van der Waals surface area contributed by atoms with E-state index in [4.69, 9.17) is 10.2 Å². The smallest absolute Gasteiger partial charge is 0.321 e. The highest BCUT2D eigenvalue weighted by Crippen LogP contribution is 2.07. The topological polar surface area (TPSA) is 132 Å². The summed E-state index contributed by atoms with van der Waals surface area (Å²) in [7, 11) is -3.98. The van der Waals surface area contributed by atoms with E-state index in [0.717, 1.165) is 6.20 Å². The zero-order chi connectivity index (χ0) is 13.8. The molecule has 102 valence electrons. The highest BCUT2D eigenvalue weighted by molar-refractivity contribution is 7.89. The molecule has 0 radical (unpaired) electrons. The molecule has 1 atom stereocenters. The number of carbonyl (C=O) groups is 1. The van der Waals surface area contributed by atoms with Gasteiger partial charge in [-0.15, -0.1) is 0 Å². The quantitative estimate of drug-likeness (QED) is 0.510. The maximum Gasteiger partial charge on any atom is 0.321 e. The van der Waals surface area contributed by atoms with E-state index < -0.39 is 28.6 Å². The Morgan fingerprint density at radius 2 is 2.28 bits per heavy atom. The Labute approximate surface area is 104 Å². The molecule has 0 fully saturated rings. The summed E-state index contributed by atoms with van der Waals surface area (Å²) in [5.41, 5.74) is 0. The van der Waals surface area contributed by atoms with Gasteiger partial charge >= 0.3 is 5.97 Å². The molecule has 0 unspecified atom stereocenters. The average Bonchev–Trinajstić information content (AvgIpc) is 2.77. The van der Waals surface area contributed by atoms with Crippen LogP contribution < -0.4 is 4.72 Å². The van der Waals surface area contributed by atoms with Crippen LogP contribution in [0.2, 0.25) is 0 Å². The second-order valence-corrected chi connectivity index (χ2v) is 5.25. The number of aliphatic carboxylic acids is 1. The van der Waals surface area contributed by atoms with Gasteiger partial charge in [0.05, 0.1) is 6.20 Å². The Hall–Kier alpha value is -1.45. The van der Waals surface area contributed by atoms with Crippen molar-refractivity contribution in [2.24, 2.45) is 0 Å². The monoisotopic (exact) mass is 277 g/mol. The first-order valence-electron chi connectivity index (χ1n) is 5.30. The van der Waals surface area contributed by atoms with Gasteiger partial charge in [0.15, 0.2) is 5.03 Å². The second kappa shape index (κ2) is 5.94. The average molecular weight is 277 g/mol. The summed E-state index contributed by atoms with van der Waals surface area (Å²) in [6, 6.07) is -1.37. The largest absolute Gasteiger partial charge is 0.480 e. The molecule has 0 saturated carbocycles. The number of H-pyrrole nitrogens is 1. The number of hydrogen-bond donors (Lipinski definition) is 4. The van der Waals surface area contributed by atoms with Crippen molar-refractivity contribution in [1.29, 1.82) is 0 Å². The lowest BCUT2D eigenvalue weighted by molar-refractivity contribution is -0.139. The Morgan fingerprint density at radius 1 is 1.61 bits per heavy atom. The van der Waals surface area contributed by atoms with E-state index in [0.29, 0.717) is 12.2 Å². The molecule has 8 nitrogen and oxygen atoms in total. The summed E-state index contributed by atoms with van der Waals surface area (Å²) in [6.07, 6.45) is 1.46. The van der Waals surface area contributed by atoms with Crippen LogP contribution in [0.5, 0.6) is 0 Å². The van der Waals surface area contributed by atoms with E-state index in [9.17, 15) is 13.2 Å². The minimum Gasteiger partial charge on any atom is -0.480 e. The molecule has 0 aromatic carbocycles. The second-order valence-electron chi connectivity index (χ2n) is 3.57. The fourth-order valence-electron chi connectivity index (χ4n) is 1.27. The Morgan fingerprint density at radius 3 is 2.72 bits per heavy atom. The van der Waals surface area contributed by atoms with Gasteiger partial charge in [-0.2, -0.15) is 4.72 Å². The molecule has 0 bridgehead atoms. The number of aryl methyl sites for hydroxylation is 1. The number of aliphatic hydroxyl groups is 1. The van der Waals surface area contributed by atoms with E-state index in [2.05, 4.69) is 9.97 Å². The molecule has 0 amide bonds. The van der Waals surface area contributed by atoms with Gasteiger partial charge in [-0.25, -0.2) is 13.4 Å². The minimum absolute atomic E-state index is 0.191. The molecule has 4 N–H and O–H groups in total. The van der Waals surface area contributed by atoms with E-state index in [1.165, 1.54) is 0 Å². The van der Waals surface area contributed by atoms with Crippen molar-refractivity contribution >= 4 is 16.0 Å². The predicted molar refractivity (Wildman–Crippen MR) is 61.4 cm³/mol. The first-order valence-corrected chi connectivity index (χ1v) is 6.79. The number of sulfonamides is 1. The molecule has 1 rings (SSSR count). The summed E-state index contributed by atoms with van der Waals surface area (Å²) in [5, 5.41) is 17.3. The Bertz CT molecular complexity index is 510. The van der Waals surface area contributed by atoms with E-state index in [-0.39, 0.29) is 11.4 Å². The maximum absolute atomic E-state index is 11.8. The first kappa shape index (κ1) is 14.6. The van der Waals surface area contributed by atoms with Crippen LogP contribution in [0, 0.1) is 0 Å². The molecule has 18 heavy (non-hydrogen) atoms. The van der Waals surface area contributed by atoms with Gasteiger partial charge in [0.25, 0.3) is 10.0 Å². The molecule has 1 heterocycles. The van der Waals surface area contributed by atoms with Crippen LogP contribution in [0.25, 0.3) is 0 Å². The summed E-state index contributed by atoms with van der Waals surface area (Å²) >= 11 is 0. The third kappa shape index (κ3) is 3.52. The van der Waals surface area contributed by atoms with Crippen LogP contribution >= 0.6 is 0 Å². The van der Waals surface area contributed by atoms with Crippen molar-refractivity contribution in [2.75, 3.05) is 6.61 Å². The van der Waals surface area contributed by atoms with Crippen molar-refractivity contribution in [3.05, 3.63) is 12.0 Å². The fraction of sp³-hybridized carbons (Fsp3) is 0.556. The molecule has 9 heteroatoms. The summed E-state index contributed by atoms with van der Waals surface area (Å²) in [4.78, 5) is 17.2. The number of aliphatic hydroxyl groups excluding tert-OH is 1. The van der Waals surface area contributed by atoms with Gasteiger partial charge in [0, 0.05) is 13.0 Å². The number of rotatable bonds is 7. The standard InChI is InChI=1S/C9H15N3O5S/c1-2-7-10-5-8(11-7)18(16,17)12-6(3-4-13)9(14)15/h5-6,12-13H,2-4H2,1H3,(H,10,11)(H,14,15)/t6-/m1/s1. The minimum atomic E-state index is -3.98. The highest BCUT2D eigenvalue weighted by Gasteiger charge is 2.26. The molecule has 0 aliphatic heterocycles. The van der Waals surface area contributed by atoms with Crippen LogP contribution in [0.1, 0.15) is 19.2 Å². The van der Waals surface area contributed by atoms with Gasteiger partial charge in [-0.3, -0.25) is 4.79 Å². The molecule has 1 aromatic heterocycles. The van der Waals surface area contributed by atoms with Crippen LogP contribution in [-0.4, -0.2) is 47.2 Å². The predicted octanol–water partition coefficient (Wildman–Crippen LogP) is -0.914. The van der Waals surface area contributed by atoms with E-state index in [1.807, 2.05) is 4.72 Å². The number of carboxylic acid groups (broad SMARTS) is 1. The van der Waals surface area contributed by atoms with Gasteiger partial charge in [0.2, 0.25) is 0 Å². The lowest BCUT2D eigenvalue weighted by Gasteiger charge is -2.12. The Balaban J connectivity index is 2.89. The van der Waals surface area contributed by atoms with Crippen LogP contribution in [0.4, 0.5) is 0 Å². The van der Waals surface area contributed by atoms with Crippen LogP contribution in [-0.2, 0) is 21.2 Å². The first-order chi connectivity index (χ1) is 8.40. The zero-order valence-corrected chi connectivity index (χ0v) is 10.6. The summed E-state index contributed by atoms with van der Waals surface area (Å²) in [5.74, 6) is -0.854. The summed E-state index contributed by atoms with van der Waals surface area (Å²) in [6.45, 7) is 1.37. The SMILES string of the molecule is CCc1ncc(S(=O)(=O)N[C@H](CCO)C(=O)O)[nH]1. The molecule has 0 spiro atoms. The van der Waals surface area contributed by atoms with Crippen molar-refractivity contribution in [3.63, 3.8) is 0 Å². The summed E-state index contributed by atoms with van der Waals surface area (Å²) < 4.78 is 25.6. The van der Waals surface area contributed by atoms with Crippen molar-refractivity contribution < 1.29 is 23.4 Å². The normalized spacial score (nSPS) is 13.4. The van der Waals surface area contributed by atoms with Crippen molar-refractivity contribution in [2.45, 2.75) is 30.8 Å². The molecule has 1 aromatic rings. The Kier molecular flexibility index (Phi) is 4.82. The van der Waals surface area contributed by atoms with Gasteiger partial charge in [0.1, 0.15) is 11.9 Å². The van der Waals surface area contributed by atoms with Gasteiger partial charge < -0.3 is 15.2 Å². The van der Waals surface area contributed by atoms with Crippen LogP contribution in [0.3, 0.4) is 0 Å². The lowest BCUT2D eigenvalue weighted by Crippen LogP contribution is -2.41.